The first-order chi connectivity index (χ1) is 14.5. The third kappa shape index (κ3) is 2.93. The van der Waals surface area contributed by atoms with Gasteiger partial charge in [0.25, 0.3) is 0 Å². The van der Waals surface area contributed by atoms with E-state index in [0.29, 0.717) is 6.42 Å². The van der Waals surface area contributed by atoms with E-state index in [1.54, 1.807) is 0 Å². The zero-order valence-corrected chi connectivity index (χ0v) is 17.6. The Balaban J connectivity index is 1.68. The fraction of sp³-hybridized carbons (Fsp3) is 0.280. The van der Waals surface area contributed by atoms with Gasteiger partial charge in [-0.15, -0.1) is 0 Å². The Labute approximate surface area is 177 Å². The number of para-hydroxylation sites is 1. The van der Waals surface area contributed by atoms with Gasteiger partial charge in [0, 0.05) is 37.3 Å². The van der Waals surface area contributed by atoms with Crippen LogP contribution in [0.1, 0.15) is 42.1 Å². The van der Waals surface area contributed by atoms with Crippen molar-refractivity contribution < 1.29 is 4.79 Å². The average Bonchev–Trinajstić information content (AvgIpc) is 3.10. The van der Waals surface area contributed by atoms with E-state index in [-0.39, 0.29) is 11.8 Å². The Morgan fingerprint density at radius 3 is 2.47 bits per heavy atom. The van der Waals surface area contributed by atoms with Crippen LogP contribution in [0, 0.1) is 6.92 Å². The molecule has 5 rings (SSSR count). The lowest BCUT2D eigenvalue weighted by Gasteiger charge is -2.33. The number of nitrogens with zero attached hydrogens (tertiary/aromatic N) is 3. The van der Waals surface area contributed by atoms with E-state index in [1.807, 2.05) is 43.9 Å². The van der Waals surface area contributed by atoms with Gasteiger partial charge in [0.1, 0.15) is 5.82 Å². The van der Waals surface area contributed by atoms with E-state index in [0.717, 1.165) is 52.4 Å². The molecule has 0 amide bonds. The molecule has 30 heavy (non-hydrogen) atoms. The number of anilines is 2. The van der Waals surface area contributed by atoms with Crippen LogP contribution in [-0.2, 0) is 4.79 Å². The Morgan fingerprint density at radius 2 is 1.77 bits per heavy atom. The van der Waals surface area contributed by atoms with Crippen molar-refractivity contribution in [3.63, 3.8) is 0 Å². The molecule has 1 atom stereocenters. The fourth-order valence-corrected chi connectivity index (χ4v) is 4.66. The van der Waals surface area contributed by atoms with Crippen LogP contribution in [0.5, 0.6) is 0 Å². The smallest absolute Gasteiger partial charge is 0.161 e. The highest BCUT2D eigenvalue weighted by Crippen LogP contribution is 2.47. The first kappa shape index (κ1) is 18.7. The molecule has 0 fully saturated rings. The van der Waals surface area contributed by atoms with Crippen molar-refractivity contribution in [2.75, 3.05) is 24.3 Å². The van der Waals surface area contributed by atoms with Crippen LogP contribution in [0.4, 0.5) is 11.5 Å². The Bertz CT molecular complexity index is 1140. The van der Waals surface area contributed by atoms with Gasteiger partial charge in [0.2, 0.25) is 0 Å². The van der Waals surface area contributed by atoms with Crippen LogP contribution in [0.15, 0.2) is 60.2 Å². The highest BCUT2D eigenvalue weighted by molar-refractivity contribution is 6.08. The first-order valence-electron chi connectivity index (χ1n) is 10.5. The molecule has 152 valence electrons. The quantitative estimate of drug-likeness (QED) is 0.680. The summed E-state index contributed by atoms with van der Waals surface area (Å²) >= 11 is 0. The summed E-state index contributed by atoms with van der Waals surface area (Å²) in [5.74, 6) is 1.23. The molecular weight excluding hydrogens is 372 g/mol. The monoisotopic (exact) mass is 398 g/mol. The van der Waals surface area contributed by atoms with E-state index in [4.69, 9.17) is 5.10 Å². The summed E-state index contributed by atoms with van der Waals surface area (Å²) in [5, 5.41) is 8.53. The molecule has 0 saturated heterocycles. The number of nitrogens with one attached hydrogen (secondary N) is 1. The molecule has 0 bridgehead atoms. The van der Waals surface area contributed by atoms with Gasteiger partial charge in [0.15, 0.2) is 5.78 Å². The summed E-state index contributed by atoms with van der Waals surface area (Å²) in [6, 6.07) is 18.5. The molecule has 1 aromatic heterocycles. The first-order valence-corrected chi connectivity index (χ1v) is 10.5. The normalized spacial score (nSPS) is 18.0. The summed E-state index contributed by atoms with van der Waals surface area (Å²) < 4.78 is 1.98. The van der Waals surface area contributed by atoms with E-state index < -0.39 is 0 Å². The maximum absolute atomic E-state index is 13.1. The number of ketones is 1. The standard InChI is InChI=1S/C25H26N4O/c1-16-22-20-10-7-11-21(30)23(20)24(17-12-14-18(15-13-17)28(2)3)26-25(22)29(27-16)19-8-5-4-6-9-19/h4-6,8-9,12-15,24,26H,7,10-11H2,1-3H3/t24-/m1/s1. The minimum Gasteiger partial charge on any atom is -0.378 e. The van der Waals surface area contributed by atoms with Crippen LogP contribution in [0.25, 0.3) is 11.3 Å². The van der Waals surface area contributed by atoms with Crippen molar-refractivity contribution in [3.05, 3.63) is 77.0 Å². The number of fused-ring (bicyclic) bond motifs is 2. The molecule has 2 heterocycles. The zero-order valence-electron chi connectivity index (χ0n) is 17.6. The number of hydrogen-bond acceptors (Lipinski definition) is 4. The minimum atomic E-state index is -0.157. The Kier molecular flexibility index (Phi) is 4.46. The molecule has 0 unspecified atom stereocenters. The second-order valence-electron chi connectivity index (χ2n) is 8.29. The Hall–Kier alpha value is -3.34. The van der Waals surface area contributed by atoms with Crippen molar-refractivity contribution in [3.8, 4) is 5.69 Å². The summed E-state index contributed by atoms with van der Waals surface area (Å²) in [6.07, 6.45) is 2.44. The summed E-state index contributed by atoms with van der Waals surface area (Å²) in [7, 11) is 4.07. The fourth-order valence-electron chi connectivity index (χ4n) is 4.66. The van der Waals surface area contributed by atoms with Crippen molar-refractivity contribution in [2.24, 2.45) is 0 Å². The van der Waals surface area contributed by atoms with E-state index in [9.17, 15) is 4.79 Å². The highest BCUT2D eigenvalue weighted by atomic mass is 16.1. The number of carbonyl (C=O) groups is 1. The zero-order chi connectivity index (χ0) is 20.8. The molecule has 5 nitrogen and oxygen atoms in total. The second kappa shape index (κ2) is 7.17. The molecule has 1 N–H and O–H groups in total. The van der Waals surface area contributed by atoms with Crippen LogP contribution in [-0.4, -0.2) is 29.7 Å². The molecule has 5 heteroatoms. The number of allylic oxidation sites excluding steroid dienone is 1. The molecule has 3 aromatic rings. The van der Waals surface area contributed by atoms with Crippen LogP contribution >= 0.6 is 0 Å². The SMILES string of the molecule is Cc1nn(-c2ccccc2)c2c1C1=C(C(=O)CCC1)[C@@H](c1ccc(N(C)C)cc1)N2. The number of rotatable bonds is 3. The van der Waals surface area contributed by atoms with Crippen molar-refractivity contribution >= 4 is 22.9 Å². The van der Waals surface area contributed by atoms with Crippen LogP contribution in [0.3, 0.4) is 0 Å². The molecule has 1 aliphatic carbocycles. The predicted octanol–water partition coefficient (Wildman–Crippen LogP) is 4.92. The summed E-state index contributed by atoms with van der Waals surface area (Å²) in [4.78, 5) is 15.1. The molecule has 0 saturated carbocycles. The van der Waals surface area contributed by atoms with E-state index >= 15 is 0 Å². The van der Waals surface area contributed by atoms with Gasteiger partial charge in [0.05, 0.1) is 17.4 Å². The average molecular weight is 399 g/mol. The number of carbonyl (C=O) groups excluding carboxylic acids is 1. The van der Waals surface area contributed by atoms with Gasteiger partial charge in [-0.2, -0.15) is 5.10 Å². The van der Waals surface area contributed by atoms with Gasteiger partial charge in [-0.25, -0.2) is 4.68 Å². The Morgan fingerprint density at radius 1 is 1.03 bits per heavy atom. The number of benzene rings is 2. The lowest BCUT2D eigenvalue weighted by Crippen LogP contribution is -2.28. The second-order valence-corrected chi connectivity index (χ2v) is 8.29. The molecule has 0 radical (unpaired) electrons. The largest absolute Gasteiger partial charge is 0.378 e. The maximum Gasteiger partial charge on any atom is 0.161 e. The summed E-state index contributed by atoms with van der Waals surface area (Å²) in [5.41, 5.74) is 7.41. The van der Waals surface area contributed by atoms with Crippen molar-refractivity contribution in [1.82, 2.24) is 9.78 Å². The number of aromatic nitrogens is 2. The van der Waals surface area contributed by atoms with Gasteiger partial charge in [-0.05, 0) is 55.2 Å². The van der Waals surface area contributed by atoms with Crippen LogP contribution < -0.4 is 10.2 Å². The third-order valence-electron chi connectivity index (χ3n) is 6.13. The van der Waals surface area contributed by atoms with Gasteiger partial charge < -0.3 is 10.2 Å². The van der Waals surface area contributed by atoms with Crippen molar-refractivity contribution in [1.29, 1.82) is 0 Å². The highest BCUT2D eigenvalue weighted by Gasteiger charge is 2.37. The van der Waals surface area contributed by atoms with Gasteiger partial charge in [-0.3, -0.25) is 4.79 Å². The number of hydrogen-bond donors (Lipinski definition) is 1. The van der Waals surface area contributed by atoms with E-state index in [1.165, 1.54) is 5.57 Å². The van der Waals surface area contributed by atoms with Gasteiger partial charge in [-0.1, -0.05) is 30.3 Å². The lowest BCUT2D eigenvalue weighted by molar-refractivity contribution is -0.116. The molecule has 1 aliphatic heterocycles. The minimum absolute atomic E-state index is 0.157. The summed E-state index contributed by atoms with van der Waals surface area (Å²) in [6.45, 7) is 2.04. The van der Waals surface area contributed by atoms with Crippen LogP contribution in [0.2, 0.25) is 0 Å². The molecule has 0 spiro atoms. The van der Waals surface area contributed by atoms with Crippen molar-refractivity contribution in [2.45, 2.75) is 32.2 Å². The molecule has 2 aromatic carbocycles. The number of aryl methyl sites for hydroxylation is 1. The third-order valence-corrected chi connectivity index (χ3v) is 6.13. The predicted molar refractivity (Wildman–Crippen MR) is 121 cm³/mol. The lowest BCUT2D eigenvalue weighted by atomic mass is 9.78. The maximum atomic E-state index is 13.1. The topological polar surface area (TPSA) is 50.2 Å². The molecule has 2 aliphatic rings. The number of Topliss-reactive ketones (excluding diaryl/α,β-unsaturated/α-hetero) is 1. The van der Waals surface area contributed by atoms with E-state index in [2.05, 4.69) is 46.6 Å². The molecular formula is C25H26N4O. The van der Waals surface area contributed by atoms with Gasteiger partial charge >= 0.3 is 0 Å².